The Morgan fingerprint density at radius 2 is 1.90 bits per heavy atom. The summed E-state index contributed by atoms with van der Waals surface area (Å²) >= 11 is 3.57. The molecule has 1 saturated carbocycles. The van der Waals surface area contributed by atoms with Crippen LogP contribution in [0.25, 0.3) is 0 Å². The lowest BCUT2D eigenvalue weighted by Crippen LogP contribution is -2.59. The standard InChI is InChI=1S/C23H28BrN3O2/c24-20-19-12-6-7-14-26(19)21(25-20)22(28)27-15-13-23(29,16-8-2-1-3-9-16)17-10-4-5-11-18(17)27/h1-3,8-9,17-18,29H,4-7,10-15H2. The second-order valence-electron chi connectivity index (χ2n) is 8.78. The van der Waals surface area contributed by atoms with Crippen LogP contribution in [0.1, 0.15) is 66.8 Å². The van der Waals surface area contributed by atoms with E-state index < -0.39 is 5.60 Å². The maximum absolute atomic E-state index is 13.6. The van der Waals surface area contributed by atoms with E-state index in [1.807, 2.05) is 35.2 Å². The molecule has 5 rings (SSSR count). The van der Waals surface area contributed by atoms with E-state index >= 15 is 0 Å². The number of carbonyl (C=O) groups is 1. The molecule has 1 aromatic carbocycles. The molecule has 1 aromatic heterocycles. The summed E-state index contributed by atoms with van der Waals surface area (Å²) in [7, 11) is 0. The number of piperidine rings is 1. The zero-order valence-electron chi connectivity index (χ0n) is 16.7. The molecule has 1 N–H and O–H groups in total. The highest BCUT2D eigenvalue weighted by molar-refractivity contribution is 9.10. The Morgan fingerprint density at radius 1 is 1.10 bits per heavy atom. The van der Waals surface area contributed by atoms with Crippen LogP contribution in [0.5, 0.6) is 0 Å². The van der Waals surface area contributed by atoms with Crippen molar-refractivity contribution < 1.29 is 9.90 Å². The minimum atomic E-state index is -0.851. The van der Waals surface area contributed by atoms with E-state index in [1.165, 1.54) is 0 Å². The van der Waals surface area contributed by atoms with Gasteiger partial charge in [-0.2, -0.15) is 0 Å². The second kappa shape index (κ2) is 7.55. The van der Waals surface area contributed by atoms with Crippen molar-refractivity contribution in [2.45, 2.75) is 69.6 Å². The van der Waals surface area contributed by atoms with Crippen molar-refractivity contribution in [3.8, 4) is 0 Å². The number of imidazole rings is 1. The molecule has 2 aliphatic heterocycles. The van der Waals surface area contributed by atoms with Gasteiger partial charge in [0.05, 0.1) is 11.3 Å². The molecule has 6 heteroatoms. The number of fused-ring (bicyclic) bond motifs is 2. The summed E-state index contributed by atoms with van der Waals surface area (Å²) in [6, 6.07) is 10.1. The van der Waals surface area contributed by atoms with Crippen molar-refractivity contribution in [2.24, 2.45) is 5.92 Å². The number of aliphatic hydroxyl groups is 1. The topological polar surface area (TPSA) is 58.4 Å². The molecular formula is C23H28BrN3O2. The SMILES string of the molecule is O=C(c1nc(Br)c2n1CCCC2)N1CCC(O)(c2ccccc2)C2CCCCC21. The first-order valence-corrected chi connectivity index (χ1v) is 11.7. The molecule has 1 saturated heterocycles. The van der Waals surface area contributed by atoms with Gasteiger partial charge in [0, 0.05) is 25.0 Å². The minimum Gasteiger partial charge on any atom is -0.385 e. The zero-order chi connectivity index (χ0) is 20.0. The van der Waals surface area contributed by atoms with Crippen LogP contribution in [0.3, 0.4) is 0 Å². The van der Waals surface area contributed by atoms with Crippen molar-refractivity contribution in [2.75, 3.05) is 6.54 Å². The van der Waals surface area contributed by atoms with E-state index in [0.717, 1.165) is 67.4 Å². The fourth-order valence-corrected chi connectivity index (χ4v) is 6.39. The van der Waals surface area contributed by atoms with Gasteiger partial charge in [-0.05, 0) is 60.0 Å². The van der Waals surface area contributed by atoms with Gasteiger partial charge in [0.1, 0.15) is 4.60 Å². The molecule has 3 heterocycles. The number of benzene rings is 1. The summed E-state index contributed by atoms with van der Waals surface area (Å²) in [5.74, 6) is 0.683. The predicted octanol–water partition coefficient (Wildman–Crippen LogP) is 4.27. The first kappa shape index (κ1) is 19.3. The molecule has 0 radical (unpaired) electrons. The number of likely N-dealkylation sites (tertiary alicyclic amines) is 1. The monoisotopic (exact) mass is 457 g/mol. The Morgan fingerprint density at radius 3 is 2.72 bits per heavy atom. The number of hydrogen-bond donors (Lipinski definition) is 1. The van der Waals surface area contributed by atoms with Gasteiger partial charge in [-0.1, -0.05) is 43.2 Å². The molecule has 1 amide bonds. The third kappa shape index (κ3) is 3.15. The number of hydrogen-bond acceptors (Lipinski definition) is 3. The molecule has 0 bridgehead atoms. The van der Waals surface area contributed by atoms with Crippen molar-refractivity contribution in [1.29, 1.82) is 0 Å². The van der Waals surface area contributed by atoms with Crippen LogP contribution in [0.4, 0.5) is 0 Å². The summed E-state index contributed by atoms with van der Waals surface area (Å²) in [6.07, 6.45) is 7.94. The molecule has 154 valence electrons. The lowest BCUT2D eigenvalue weighted by Gasteiger charge is -2.52. The Balaban J connectivity index is 1.48. The van der Waals surface area contributed by atoms with Crippen molar-refractivity contribution >= 4 is 21.8 Å². The molecular weight excluding hydrogens is 430 g/mol. The van der Waals surface area contributed by atoms with Crippen molar-refractivity contribution in [3.05, 3.63) is 52.0 Å². The van der Waals surface area contributed by atoms with Gasteiger partial charge < -0.3 is 14.6 Å². The lowest BCUT2D eigenvalue weighted by molar-refractivity contribution is -0.110. The van der Waals surface area contributed by atoms with Crippen LogP contribution < -0.4 is 0 Å². The van der Waals surface area contributed by atoms with Crippen molar-refractivity contribution in [1.82, 2.24) is 14.5 Å². The van der Waals surface area contributed by atoms with Crippen LogP contribution in [0.15, 0.2) is 34.9 Å². The normalized spacial score (nSPS) is 29.2. The summed E-state index contributed by atoms with van der Waals surface area (Å²) in [6.45, 7) is 1.44. The van der Waals surface area contributed by atoms with Crippen LogP contribution >= 0.6 is 15.9 Å². The number of nitrogens with zero attached hydrogens (tertiary/aromatic N) is 3. The Hall–Kier alpha value is -1.66. The van der Waals surface area contributed by atoms with Crippen LogP contribution in [0.2, 0.25) is 0 Å². The number of rotatable bonds is 2. The average Bonchev–Trinajstić information content (AvgIpc) is 3.11. The summed E-state index contributed by atoms with van der Waals surface area (Å²) < 4.78 is 2.93. The van der Waals surface area contributed by atoms with Gasteiger partial charge in [0.15, 0.2) is 0 Å². The molecule has 2 fully saturated rings. The van der Waals surface area contributed by atoms with Crippen LogP contribution in [-0.4, -0.2) is 38.1 Å². The van der Waals surface area contributed by atoms with E-state index in [2.05, 4.69) is 25.5 Å². The second-order valence-corrected chi connectivity index (χ2v) is 9.53. The van der Waals surface area contributed by atoms with Gasteiger partial charge in [-0.25, -0.2) is 4.98 Å². The smallest absolute Gasteiger partial charge is 0.290 e. The highest BCUT2D eigenvalue weighted by Crippen LogP contribution is 2.47. The highest BCUT2D eigenvalue weighted by atomic mass is 79.9. The molecule has 3 aliphatic rings. The van der Waals surface area contributed by atoms with E-state index in [4.69, 9.17) is 0 Å². The predicted molar refractivity (Wildman–Crippen MR) is 115 cm³/mol. The Bertz CT molecular complexity index is 912. The van der Waals surface area contributed by atoms with Gasteiger partial charge in [-0.15, -0.1) is 0 Å². The number of carbonyl (C=O) groups excluding carboxylic acids is 1. The first-order valence-electron chi connectivity index (χ1n) is 10.9. The zero-order valence-corrected chi connectivity index (χ0v) is 18.3. The van der Waals surface area contributed by atoms with Crippen molar-refractivity contribution in [3.63, 3.8) is 0 Å². The third-order valence-electron chi connectivity index (χ3n) is 7.27. The summed E-state index contributed by atoms with van der Waals surface area (Å²) in [4.78, 5) is 20.3. The minimum absolute atomic E-state index is 0.0332. The van der Waals surface area contributed by atoms with E-state index in [-0.39, 0.29) is 17.9 Å². The molecule has 3 unspecified atom stereocenters. The Labute approximate surface area is 180 Å². The van der Waals surface area contributed by atoms with Gasteiger partial charge >= 0.3 is 0 Å². The largest absolute Gasteiger partial charge is 0.385 e. The fraction of sp³-hybridized carbons (Fsp3) is 0.565. The quantitative estimate of drug-likeness (QED) is 0.731. The fourth-order valence-electron chi connectivity index (χ4n) is 5.81. The molecule has 5 nitrogen and oxygen atoms in total. The Kier molecular flexibility index (Phi) is 5.03. The number of halogens is 1. The van der Waals surface area contributed by atoms with Gasteiger partial charge in [0.2, 0.25) is 5.82 Å². The van der Waals surface area contributed by atoms with E-state index in [9.17, 15) is 9.90 Å². The summed E-state index contributed by atoms with van der Waals surface area (Å²) in [5, 5.41) is 11.7. The maximum atomic E-state index is 13.6. The lowest BCUT2D eigenvalue weighted by atomic mass is 9.66. The number of aromatic nitrogens is 2. The molecule has 29 heavy (non-hydrogen) atoms. The highest BCUT2D eigenvalue weighted by Gasteiger charge is 2.50. The van der Waals surface area contributed by atoms with Gasteiger partial charge in [0.25, 0.3) is 5.91 Å². The molecule has 1 aliphatic carbocycles. The van der Waals surface area contributed by atoms with Crippen LogP contribution in [0, 0.1) is 5.92 Å². The average molecular weight is 458 g/mol. The summed E-state index contributed by atoms with van der Waals surface area (Å²) in [5.41, 5.74) is 1.29. The van der Waals surface area contributed by atoms with Gasteiger partial charge in [-0.3, -0.25) is 4.79 Å². The third-order valence-corrected chi connectivity index (χ3v) is 7.91. The number of amides is 1. The molecule has 3 atom stereocenters. The van der Waals surface area contributed by atoms with E-state index in [1.54, 1.807) is 0 Å². The van der Waals surface area contributed by atoms with E-state index in [0.29, 0.717) is 18.8 Å². The van der Waals surface area contributed by atoms with Crippen LogP contribution in [-0.2, 0) is 18.6 Å². The maximum Gasteiger partial charge on any atom is 0.290 e. The molecule has 0 spiro atoms. The molecule has 2 aromatic rings. The first-order chi connectivity index (χ1) is 14.1.